The molecule has 6 saturated heterocycles. The van der Waals surface area contributed by atoms with Gasteiger partial charge in [0.05, 0.1) is 54.5 Å². The number of nitrogens with zero attached hydrogens (tertiary/aromatic N) is 6. The van der Waals surface area contributed by atoms with E-state index in [-0.39, 0.29) is 65.1 Å². The van der Waals surface area contributed by atoms with Crippen molar-refractivity contribution in [2.75, 3.05) is 158 Å². The lowest BCUT2D eigenvalue weighted by Crippen LogP contribution is -2.33. The van der Waals surface area contributed by atoms with Crippen molar-refractivity contribution in [2.45, 2.75) is 118 Å². The second kappa shape index (κ2) is 42.7. The summed E-state index contributed by atoms with van der Waals surface area (Å²) in [7, 11) is -31.4. The Hall–Kier alpha value is -2.98. The van der Waals surface area contributed by atoms with Crippen LogP contribution < -0.4 is 4.52 Å². The van der Waals surface area contributed by atoms with Crippen molar-refractivity contribution in [3.05, 3.63) is 97.3 Å². The van der Waals surface area contributed by atoms with Crippen LogP contribution in [0.5, 0.6) is 5.75 Å². The number of phosphoric acid groups is 6. The lowest BCUT2D eigenvalue weighted by atomic mass is 10.2. The standard InChI is InChI=1S/C55H78ClN6O33P7/c1-57-15-27-78-97(63,64)90-44-9-21-71-51(44)36-84-99(66,80-29-17-59-3)92-46-11-23-73-53(46)38-86-101(68,82-31-19-61-5)94-48-13-25-75-55(48)40-88-102(69,83-32-20-62-6)95-49-14-26-74-54(49)39-87-100(67,81-30-18-60-4)93-47-12-24-72-52(47)37-85-98(65,79-28-16-58-2)91-45-10-22-70-50(45)35-77-96-76-34-41-33-42(56)7-8-43(41)89-96/h7-8,33,44-55H,9-32,34-40H2,(H,63,64)/t44?,45?,46?,47?,48?,49?,50-,51-,52-,53-,54-,55-,96?,98?,99?,100?,101?,102?/m1/s1/i21T,22T,23T,24T,25T,26T/t21-,22+,23+,24+,25+,26+,44?,45?,46?,47?,48?,49?,50+,51+,52+,53+,54+,55+,96?,98?,99?,100?,101?,102?/m0. The van der Waals surface area contributed by atoms with E-state index in [1.807, 2.05) is 0 Å². The zero-order chi connectivity index (χ0) is 78.1. The number of hydrogen-bond donors (Lipinski definition) is 1. The van der Waals surface area contributed by atoms with Gasteiger partial charge in [0.1, 0.15) is 119 Å². The Labute approximate surface area is 603 Å². The largest absolute Gasteiger partial charge is 0.475 e. The van der Waals surface area contributed by atoms with Gasteiger partial charge >= 0.3 is 55.5 Å². The minimum Gasteiger partial charge on any atom is -0.426 e. The molecular formula is C55H78ClN6O33P7. The smallest absolute Gasteiger partial charge is 0.426 e. The fourth-order valence-electron chi connectivity index (χ4n) is 9.34. The molecule has 102 heavy (non-hydrogen) atoms. The highest BCUT2D eigenvalue weighted by atomic mass is 35.5. The molecule has 8 rings (SSSR count). The normalized spacial score (nSPS) is 34.9. The van der Waals surface area contributed by atoms with Crippen LogP contribution in [0.3, 0.4) is 0 Å². The van der Waals surface area contributed by atoms with Gasteiger partial charge in [0.2, 0.25) is 39.3 Å². The van der Waals surface area contributed by atoms with E-state index in [9.17, 15) is 32.3 Å². The van der Waals surface area contributed by atoms with E-state index in [0.717, 1.165) is 0 Å². The first kappa shape index (κ1) is 75.8. The zero-order valence-corrected chi connectivity index (χ0v) is 61.0. The molecule has 0 spiro atoms. The maximum Gasteiger partial charge on any atom is 0.475 e. The van der Waals surface area contributed by atoms with Gasteiger partial charge in [0.15, 0.2) is 0 Å². The zero-order valence-electron chi connectivity index (χ0n) is 60.0. The number of benzene rings is 1. The summed E-state index contributed by atoms with van der Waals surface area (Å²) in [6.45, 7) is 25.4. The third kappa shape index (κ3) is 27.6. The molecule has 0 aliphatic carbocycles. The van der Waals surface area contributed by atoms with Gasteiger partial charge in [-0.25, -0.2) is 66.8 Å². The van der Waals surface area contributed by atoms with Crippen LogP contribution in [0.4, 0.5) is 0 Å². The minimum absolute atomic E-state index is 0.115. The molecule has 7 heterocycles. The average molecular weight is 1620 g/mol. The summed E-state index contributed by atoms with van der Waals surface area (Å²) in [6.07, 6.45) is -18.7. The molecule has 25 atom stereocenters. The Morgan fingerprint density at radius 1 is 0.422 bits per heavy atom. The fraction of sp³-hybridized carbons (Fsp3) is 0.782. The maximum atomic E-state index is 14.7. The molecule has 13 unspecified atom stereocenters. The SMILES string of the molecule is [3H][C@@H]1CC(OP(=O)(OCC[N+]#[C-])OC[C@H]2O[C@H]([3H])CC2OP(=O)(OCC[N+]#[C-])OC[C@H]2O[C@H]([3H])CC2OP(=O)(OCC[N+]#[C-])OC[C@H]2O[C@H]([3H])CC2OP(=O)(OCC[N+]#[C-])OC[C@H]2O[C@H]([3H])CC2OP(=O)(OCC[N+]#[C-])OC[C@H]2O[C@@H]([3H])CC2OP(=O)(O)OCC[N+]#[C-])[C@@H](COP2OCc3cc(Cl)ccc3O2)O1. The second-order valence-corrected chi connectivity index (χ2v) is 32.5. The molecular weight excluding hydrogens is 1520 g/mol. The van der Waals surface area contributed by atoms with Gasteiger partial charge in [0, 0.05) is 88.6 Å². The summed E-state index contributed by atoms with van der Waals surface area (Å²) in [4.78, 5) is 29.2. The van der Waals surface area contributed by atoms with Gasteiger partial charge in [0.25, 0.3) is 0 Å². The predicted octanol–water partition coefficient (Wildman–Crippen LogP) is 9.88. The van der Waals surface area contributed by atoms with Crippen molar-refractivity contribution in [1.29, 1.82) is 0 Å². The Bertz CT molecular complexity index is 3670. The minimum atomic E-state index is -5.02. The second-order valence-electron chi connectivity index (χ2n) is 21.4. The third-order valence-electron chi connectivity index (χ3n) is 14.2. The van der Waals surface area contributed by atoms with Gasteiger partial charge in [-0.1, -0.05) is 11.6 Å². The number of hydrogen-bond acceptors (Lipinski definition) is 32. The summed E-state index contributed by atoms with van der Waals surface area (Å²) in [5.41, 5.74) is 0.681. The van der Waals surface area contributed by atoms with Crippen LogP contribution in [-0.4, -0.2) is 236 Å². The van der Waals surface area contributed by atoms with Gasteiger partial charge < -0.3 is 66.9 Å². The summed E-state index contributed by atoms with van der Waals surface area (Å²) >= 11 is 6.10. The van der Waals surface area contributed by atoms with Crippen molar-refractivity contribution in [3.8, 4) is 5.75 Å². The molecule has 1 aromatic rings. The highest BCUT2D eigenvalue weighted by Crippen LogP contribution is 2.59. The molecule has 0 bridgehead atoms. The molecule has 1 aromatic carbocycles. The summed E-state index contributed by atoms with van der Waals surface area (Å²) in [5, 5.41) is 0.470. The monoisotopic (exact) mass is 1610 g/mol. The summed E-state index contributed by atoms with van der Waals surface area (Å²) in [6, 6.07) is 4.94. The average Bonchev–Trinajstić information content (AvgIpc) is 1.50. The number of ether oxygens (including phenoxy) is 6. The van der Waals surface area contributed by atoms with Gasteiger partial charge in [-0.3, -0.25) is 86.0 Å². The number of fused-ring (bicyclic) bond motifs is 1. The Kier molecular flexibility index (Phi) is 31.7. The molecule has 1 N–H and O–H groups in total. The van der Waals surface area contributed by atoms with E-state index in [1.165, 1.54) is 0 Å². The predicted molar refractivity (Wildman–Crippen MR) is 347 cm³/mol. The number of phosphoric ester groups is 6. The molecule has 47 heteroatoms. The van der Waals surface area contributed by atoms with Crippen LogP contribution in [-0.2, 0) is 148 Å². The molecule has 6 fully saturated rings. The van der Waals surface area contributed by atoms with Crippen LogP contribution in [0.2, 0.25) is 5.02 Å². The molecule has 7 aliphatic heterocycles. The van der Waals surface area contributed by atoms with Crippen LogP contribution in [0.15, 0.2) is 18.2 Å². The van der Waals surface area contributed by atoms with Crippen LogP contribution in [0, 0.1) is 39.4 Å². The molecule has 0 radical (unpaired) electrons. The lowest BCUT2D eigenvalue weighted by Gasteiger charge is -2.29. The molecule has 0 saturated carbocycles. The van der Waals surface area contributed by atoms with Crippen LogP contribution >= 0.6 is 67.1 Å². The highest BCUT2D eigenvalue weighted by molar-refractivity contribution is 7.49. The van der Waals surface area contributed by atoms with Gasteiger partial charge in [-0.15, -0.1) is 0 Å². The highest BCUT2D eigenvalue weighted by Gasteiger charge is 2.49. The first-order chi connectivity index (χ1) is 51.5. The fourth-order valence-corrected chi connectivity index (χ4v) is 18.4. The van der Waals surface area contributed by atoms with Crippen molar-refractivity contribution in [3.63, 3.8) is 0 Å². The van der Waals surface area contributed by atoms with Crippen molar-refractivity contribution >= 4 is 67.1 Å². The Morgan fingerprint density at radius 2 is 0.696 bits per heavy atom. The molecule has 7 aliphatic rings. The number of halogens is 1. The van der Waals surface area contributed by atoms with E-state index in [4.69, 9.17) is 178 Å². The summed E-state index contributed by atoms with van der Waals surface area (Å²) in [5.74, 6) is 0.474. The quantitative estimate of drug-likeness (QED) is 0.0360. The first-order valence-electron chi connectivity index (χ1n) is 34.5. The van der Waals surface area contributed by atoms with Crippen molar-refractivity contribution in [1.82, 2.24) is 0 Å². The van der Waals surface area contributed by atoms with E-state index in [2.05, 4.69) is 29.1 Å². The van der Waals surface area contributed by atoms with Crippen molar-refractivity contribution in [2.24, 2.45) is 0 Å². The Morgan fingerprint density at radius 3 is 0.990 bits per heavy atom. The third-order valence-corrected chi connectivity index (χ3v) is 24.0. The van der Waals surface area contributed by atoms with Crippen LogP contribution in [0.1, 0.15) is 52.3 Å². The van der Waals surface area contributed by atoms with Gasteiger partial charge in [-0.05, 0) is 18.2 Å². The first-order valence-corrected chi connectivity index (χ1v) is 41.3. The molecule has 0 amide bonds. The molecule has 39 nitrogen and oxygen atoms in total. The Balaban J connectivity index is 0.895. The van der Waals surface area contributed by atoms with Crippen molar-refractivity contribution < 1.29 is 159 Å². The van der Waals surface area contributed by atoms with Crippen LogP contribution in [0.25, 0.3) is 29.1 Å². The molecule has 0 aromatic heterocycles. The molecule has 568 valence electrons. The van der Waals surface area contributed by atoms with E-state index in [1.54, 1.807) is 18.2 Å². The summed E-state index contributed by atoms with van der Waals surface area (Å²) < 4.78 is 282. The van der Waals surface area contributed by atoms with E-state index < -0.39 is 267 Å². The topological polar surface area (TPSA) is 389 Å². The van der Waals surface area contributed by atoms with E-state index in [0.29, 0.717) is 16.3 Å². The maximum absolute atomic E-state index is 14.7. The van der Waals surface area contributed by atoms with Gasteiger partial charge in [-0.2, -0.15) is 0 Å². The number of rotatable bonds is 48. The van der Waals surface area contributed by atoms with E-state index >= 15 is 0 Å². The lowest BCUT2D eigenvalue weighted by molar-refractivity contribution is -0.0389.